The summed E-state index contributed by atoms with van der Waals surface area (Å²) in [6.07, 6.45) is -4.08. The summed E-state index contributed by atoms with van der Waals surface area (Å²) in [6, 6.07) is 7.38. The zero-order chi connectivity index (χ0) is 18.4. The number of hydrogen-bond donors (Lipinski definition) is 0. The van der Waals surface area contributed by atoms with Crippen LogP contribution in [0.2, 0.25) is 0 Å². The maximum Gasteiger partial charge on any atom is 0.401 e. The minimum absolute atomic E-state index is 0.200. The van der Waals surface area contributed by atoms with Gasteiger partial charge in [-0.1, -0.05) is 40.2 Å². The van der Waals surface area contributed by atoms with Crippen molar-refractivity contribution < 1.29 is 22.0 Å². The molecule has 0 N–H and O–H groups in total. The molecule has 0 unspecified atom stereocenters. The SMILES string of the molecule is C[C@@H]1Cc2ccccc2[C@@H](c2c(F)cc(Br)cc2F)N1CC(F)(F)F. The van der Waals surface area contributed by atoms with Gasteiger partial charge in [0.05, 0.1) is 12.6 Å². The zero-order valence-electron chi connectivity index (χ0n) is 13.2. The van der Waals surface area contributed by atoms with Crippen LogP contribution < -0.4 is 0 Å². The van der Waals surface area contributed by atoms with Crippen LogP contribution in [0.5, 0.6) is 0 Å². The first kappa shape index (κ1) is 18.3. The van der Waals surface area contributed by atoms with Crippen LogP contribution in [0.15, 0.2) is 40.9 Å². The van der Waals surface area contributed by atoms with Gasteiger partial charge in [-0.2, -0.15) is 13.2 Å². The highest BCUT2D eigenvalue weighted by molar-refractivity contribution is 9.10. The van der Waals surface area contributed by atoms with E-state index in [1.54, 1.807) is 31.2 Å². The second-order valence-corrected chi connectivity index (χ2v) is 7.14. The maximum atomic E-state index is 14.5. The topological polar surface area (TPSA) is 3.24 Å². The fourth-order valence-electron chi connectivity index (χ4n) is 3.45. The standard InChI is InChI=1S/C18H15BrF5N/c1-10-6-11-4-2-3-5-13(11)17(25(10)9-18(22,23)24)16-14(20)7-12(19)8-15(16)21/h2-5,7-8,10,17H,6,9H2,1H3/t10-,17+/m1/s1. The van der Waals surface area contributed by atoms with Crippen molar-refractivity contribution in [2.24, 2.45) is 0 Å². The molecule has 0 aliphatic carbocycles. The molecule has 0 amide bonds. The van der Waals surface area contributed by atoms with Crippen molar-refractivity contribution in [3.63, 3.8) is 0 Å². The van der Waals surface area contributed by atoms with E-state index in [0.717, 1.165) is 22.6 Å². The van der Waals surface area contributed by atoms with Gasteiger partial charge in [-0.15, -0.1) is 0 Å². The Bertz CT molecular complexity index is 766. The van der Waals surface area contributed by atoms with Crippen molar-refractivity contribution in [1.29, 1.82) is 0 Å². The van der Waals surface area contributed by atoms with Gasteiger partial charge in [-0.05, 0) is 36.6 Å². The average Bonchev–Trinajstić information content (AvgIpc) is 2.48. The van der Waals surface area contributed by atoms with E-state index in [2.05, 4.69) is 15.9 Å². The summed E-state index contributed by atoms with van der Waals surface area (Å²) < 4.78 is 68.6. The first-order valence-electron chi connectivity index (χ1n) is 7.72. The van der Waals surface area contributed by atoms with Crippen LogP contribution in [0.25, 0.3) is 0 Å². The van der Waals surface area contributed by atoms with Crippen molar-refractivity contribution in [1.82, 2.24) is 4.90 Å². The van der Waals surface area contributed by atoms with Gasteiger partial charge in [0.15, 0.2) is 0 Å². The Hall–Kier alpha value is -1.47. The molecular weight excluding hydrogens is 405 g/mol. The maximum absolute atomic E-state index is 14.5. The third kappa shape index (κ3) is 3.72. The summed E-state index contributed by atoms with van der Waals surface area (Å²) in [5.41, 5.74) is 0.955. The summed E-state index contributed by atoms with van der Waals surface area (Å²) in [5, 5.41) is 0. The number of benzene rings is 2. The van der Waals surface area contributed by atoms with Crippen molar-refractivity contribution in [2.75, 3.05) is 6.54 Å². The molecule has 2 atom stereocenters. The van der Waals surface area contributed by atoms with E-state index >= 15 is 0 Å². The Morgan fingerprint density at radius 3 is 2.32 bits per heavy atom. The number of rotatable bonds is 2. The van der Waals surface area contributed by atoms with Gasteiger partial charge < -0.3 is 0 Å². The molecule has 1 heterocycles. The number of hydrogen-bond acceptors (Lipinski definition) is 1. The highest BCUT2D eigenvalue weighted by atomic mass is 79.9. The van der Waals surface area contributed by atoms with E-state index in [0.29, 0.717) is 12.0 Å². The zero-order valence-corrected chi connectivity index (χ0v) is 14.8. The molecule has 1 aliphatic heterocycles. The predicted octanol–water partition coefficient (Wildman–Crippen LogP) is 5.63. The second-order valence-electron chi connectivity index (χ2n) is 6.23. The monoisotopic (exact) mass is 419 g/mol. The van der Waals surface area contributed by atoms with Gasteiger partial charge in [0, 0.05) is 16.1 Å². The molecule has 0 aromatic heterocycles. The quantitative estimate of drug-likeness (QED) is 0.570. The van der Waals surface area contributed by atoms with Crippen LogP contribution in [0.3, 0.4) is 0 Å². The Labute approximate surface area is 150 Å². The summed E-state index contributed by atoms with van der Waals surface area (Å²) in [6.45, 7) is 0.408. The lowest BCUT2D eigenvalue weighted by Gasteiger charge is -2.42. The molecule has 134 valence electrons. The molecule has 3 rings (SSSR count). The number of alkyl halides is 3. The van der Waals surface area contributed by atoms with Crippen molar-refractivity contribution in [3.8, 4) is 0 Å². The summed E-state index contributed by atoms with van der Waals surface area (Å²) in [5.74, 6) is -1.74. The Balaban J connectivity index is 2.20. The van der Waals surface area contributed by atoms with Crippen LogP contribution >= 0.6 is 15.9 Å². The predicted molar refractivity (Wildman–Crippen MR) is 88.3 cm³/mol. The fraction of sp³-hybridized carbons (Fsp3) is 0.333. The van der Waals surface area contributed by atoms with Crippen molar-refractivity contribution >= 4 is 15.9 Å². The van der Waals surface area contributed by atoms with E-state index < -0.39 is 36.4 Å². The van der Waals surface area contributed by atoms with Gasteiger partial charge in [0.1, 0.15) is 11.6 Å². The van der Waals surface area contributed by atoms with Gasteiger partial charge >= 0.3 is 6.18 Å². The first-order chi connectivity index (χ1) is 11.7. The summed E-state index contributed by atoms with van der Waals surface area (Å²) in [7, 11) is 0. The molecule has 7 heteroatoms. The van der Waals surface area contributed by atoms with Crippen LogP contribution in [0.1, 0.15) is 29.7 Å². The highest BCUT2D eigenvalue weighted by Crippen LogP contribution is 2.41. The number of nitrogens with zero attached hydrogens (tertiary/aromatic N) is 1. The van der Waals surface area contributed by atoms with Crippen LogP contribution in [-0.2, 0) is 6.42 Å². The lowest BCUT2D eigenvalue weighted by atomic mass is 9.84. The molecule has 25 heavy (non-hydrogen) atoms. The van der Waals surface area contributed by atoms with Gasteiger partial charge in [0.2, 0.25) is 0 Å². The van der Waals surface area contributed by atoms with Gasteiger partial charge in [-0.25, -0.2) is 8.78 Å². The first-order valence-corrected chi connectivity index (χ1v) is 8.51. The molecular formula is C18H15BrF5N. The molecule has 1 aliphatic rings. The smallest absolute Gasteiger partial charge is 0.281 e. The lowest BCUT2D eigenvalue weighted by Crippen LogP contribution is -2.47. The largest absolute Gasteiger partial charge is 0.401 e. The number of halogens is 6. The molecule has 0 saturated carbocycles. The molecule has 0 saturated heterocycles. The van der Waals surface area contributed by atoms with Crippen molar-refractivity contribution in [3.05, 3.63) is 69.2 Å². The third-order valence-electron chi connectivity index (χ3n) is 4.44. The molecule has 0 spiro atoms. The summed E-state index contributed by atoms with van der Waals surface area (Å²) in [4.78, 5) is 1.12. The fourth-order valence-corrected chi connectivity index (χ4v) is 3.85. The average molecular weight is 420 g/mol. The van der Waals surface area contributed by atoms with Gasteiger partial charge in [-0.3, -0.25) is 4.90 Å². The highest BCUT2D eigenvalue weighted by Gasteiger charge is 2.42. The van der Waals surface area contributed by atoms with Crippen molar-refractivity contribution in [2.45, 2.75) is 31.6 Å². The Kier molecular flexibility index (Phi) is 4.90. The summed E-state index contributed by atoms with van der Waals surface area (Å²) >= 11 is 3.01. The Morgan fingerprint density at radius 1 is 1.12 bits per heavy atom. The van der Waals surface area contributed by atoms with E-state index in [9.17, 15) is 22.0 Å². The normalized spacial score (nSPS) is 21.2. The molecule has 2 aromatic carbocycles. The molecule has 2 aromatic rings. The molecule has 0 radical (unpaired) electrons. The van der Waals surface area contributed by atoms with Crippen LogP contribution in [0.4, 0.5) is 22.0 Å². The van der Waals surface area contributed by atoms with E-state index in [1.165, 1.54) is 0 Å². The molecule has 0 fully saturated rings. The van der Waals surface area contributed by atoms with E-state index in [4.69, 9.17) is 0 Å². The third-order valence-corrected chi connectivity index (χ3v) is 4.90. The van der Waals surface area contributed by atoms with Gasteiger partial charge in [0.25, 0.3) is 0 Å². The van der Waals surface area contributed by atoms with E-state index in [1.807, 2.05) is 0 Å². The molecule has 0 bridgehead atoms. The van der Waals surface area contributed by atoms with Crippen LogP contribution in [0, 0.1) is 11.6 Å². The molecule has 1 nitrogen and oxygen atoms in total. The Morgan fingerprint density at radius 2 is 1.72 bits per heavy atom. The lowest BCUT2D eigenvalue weighted by molar-refractivity contribution is -0.155. The van der Waals surface area contributed by atoms with Crippen LogP contribution in [-0.4, -0.2) is 23.7 Å². The second kappa shape index (κ2) is 6.68. The minimum Gasteiger partial charge on any atom is -0.281 e. The van der Waals surface area contributed by atoms with E-state index in [-0.39, 0.29) is 10.0 Å². The minimum atomic E-state index is -4.47. The number of fused-ring (bicyclic) bond motifs is 1.